The van der Waals surface area contributed by atoms with Gasteiger partial charge in [-0.2, -0.15) is 0 Å². The number of carbonyl (C=O) groups excluding carboxylic acids is 5. The maximum Gasteiger partial charge on any atom is 0.311 e. The van der Waals surface area contributed by atoms with Crippen molar-refractivity contribution in [3.63, 3.8) is 0 Å². The highest BCUT2D eigenvalue weighted by Gasteiger charge is 2.63. The molecule has 0 aromatic rings. The molecule has 0 N–H and O–H groups in total. The molecule has 26 atom stereocenters. The Morgan fingerprint density at radius 2 is 0.795 bits per heavy atom. The zero-order valence-electron chi connectivity index (χ0n) is 76.4. The van der Waals surface area contributed by atoms with Gasteiger partial charge in [-0.1, -0.05) is 154 Å². The summed E-state index contributed by atoms with van der Waals surface area (Å²) in [4.78, 5) is 62.3. The van der Waals surface area contributed by atoms with Crippen LogP contribution in [-0.2, 0) is 95.0 Å². The summed E-state index contributed by atoms with van der Waals surface area (Å²) in [6, 6.07) is 0. The van der Waals surface area contributed by atoms with Crippen molar-refractivity contribution in [2.45, 2.75) is 377 Å². The SMILES string of the molecule is CCC1CC(CC)C(C(=O)OCC2COC(C)(CC(C)C)O2)C1.CCC1CC(CC)C(C(=O)OCC2COC3(CCCCC3)O2)C1.CCC1CC(CC)C2C3CC(CC3C(=O)OCC3COC4(CCCCC4)O3)C12.CCCC1(C)OCC(COC(=O)C2CC3CC2C2C(CC)CC(CC)C32)O1.CCOCOCCCOC(=O)C(C)(C)CC. The molecule has 4 bridgehead atoms. The number of fused-ring (bicyclic) bond motifs is 10. The van der Waals surface area contributed by atoms with Crippen LogP contribution in [0.5, 0.6) is 0 Å². The smallest absolute Gasteiger partial charge is 0.311 e. The van der Waals surface area contributed by atoms with E-state index in [1.165, 1.54) is 109 Å². The molecule has 4 aliphatic heterocycles. The van der Waals surface area contributed by atoms with Crippen LogP contribution in [0.2, 0.25) is 0 Å². The number of hydrogen-bond donors (Lipinski definition) is 0. The Hall–Kier alpha value is -3.05. The molecule has 26 unspecified atom stereocenters. The van der Waals surface area contributed by atoms with Gasteiger partial charge in [-0.15, -0.1) is 0 Å². The van der Waals surface area contributed by atoms with Crippen LogP contribution in [0.1, 0.15) is 330 Å². The minimum atomic E-state index is -0.530. The third-order valence-corrected chi connectivity index (χ3v) is 31.4. The van der Waals surface area contributed by atoms with E-state index in [1.807, 2.05) is 41.5 Å². The second-order valence-electron chi connectivity index (χ2n) is 40.0. The Balaban J connectivity index is 0.000000156. The first-order valence-corrected chi connectivity index (χ1v) is 48.5. The first-order chi connectivity index (χ1) is 56.2. The number of carbonyl (C=O) groups is 5. The highest BCUT2D eigenvalue weighted by molar-refractivity contribution is 5.76. The maximum absolute atomic E-state index is 13.0. The van der Waals surface area contributed by atoms with Gasteiger partial charge >= 0.3 is 29.8 Å². The molecule has 10 aliphatic carbocycles. The molecule has 0 aromatic carbocycles. The average molecular weight is 1650 g/mol. The normalized spacial score (nSPS) is 38.3. The maximum atomic E-state index is 13.0. The Morgan fingerprint density at radius 1 is 0.402 bits per heavy atom. The fourth-order valence-electron chi connectivity index (χ4n) is 25.0. The lowest BCUT2D eigenvalue weighted by Gasteiger charge is -2.35. The Bertz CT molecular complexity index is 3000. The van der Waals surface area contributed by atoms with Crippen LogP contribution in [0.15, 0.2) is 0 Å². The number of hydrogen-bond acceptors (Lipinski definition) is 20. The number of ether oxygens (including phenoxy) is 15. The van der Waals surface area contributed by atoms with Gasteiger partial charge in [0.15, 0.2) is 23.1 Å². The summed E-state index contributed by atoms with van der Waals surface area (Å²) in [6.07, 6.45) is 36.5. The molecule has 674 valence electrons. The van der Waals surface area contributed by atoms with Crippen molar-refractivity contribution in [2.75, 3.05) is 79.5 Å². The zero-order chi connectivity index (χ0) is 84.2. The van der Waals surface area contributed by atoms with E-state index >= 15 is 0 Å². The number of esters is 5. The van der Waals surface area contributed by atoms with Gasteiger partial charge in [-0.05, 0) is 232 Å². The van der Waals surface area contributed by atoms with Gasteiger partial charge in [0.25, 0.3) is 0 Å². The molecule has 4 saturated heterocycles. The monoisotopic (exact) mass is 1650 g/mol. The summed E-state index contributed by atoms with van der Waals surface area (Å²) in [6.45, 7) is 41.8. The van der Waals surface area contributed by atoms with E-state index in [9.17, 15) is 24.0 Å². The molecule has 14 fully saturated rings. The standard InChI is InChI=1S/C24H38O4.C23H38O4.C19H32O4.C19H34O4.C12H24O4/c1-3-15-10-16(4-2)22-19-11-17(21(15)22)12-20(19)23(25)26-13-18-14-27-24(28-18)8-6-5-7-9-24;1-5-8-23(4)26-13-17(27-23)12-25-22(24)19-11-16-10-18(19)21-15(7-3)9-14(6-2)20(16)21;1-3-14-10-15(4-2)17(11-14)18(20)21-12-16-13-22-19(23-16)8-6-5-7-9-19;1-6-14-8-15(7-2)17(9-14)18(20)21-11-16-12-22-19(5,23-16)10-13(3)4;1-5-12(3,4)11(13)16-9-7-8-15-10-14-6-2/h15-22H,3-14H2,1-2H3;14-21H,5-13H2,1-4H3;14-17H,3-13H2,1-2H3;13-17H,6-12H2,1-5H3;5-10H2,1-4H3. The zero-order valence-corrected chi connectivity index (χ0v) is 76.4. The fraction of sp³-hybridized carbons (Fsp3) is 0.948. The third-order valence-electron chi connectivity index (χ3n) is 31.4. The molecule has 0 amide bonds. The lowest BCUT2D eigenvalue weighted by molar-refractivity contribution is -0.193. The highest BCUT2D eigenvalue weighted by Crippen LogP contribution is 2.67. The first kappa shape index (κ1) is 96.2. The minimum absolute atomic E-state index is 0.0130. The summed E-state index contributed by atoms with van der Waals surface area (Å²) in [5.74, 6) is 10.9. The lowest BCUT2D eigenvalue weighted by atomic mass is 9.70. The molecule has 14 rings (SSSR count). The topological polar surface area (TPSA) is 224 Å². The van der Waals surface area contributed by atoms with Crippen molar-refractivity contribution >= 4 is 29.8 Å². The van der Waals surface area contributed by atoms with E-state index in [1.54, 1.807) is 0 Å². The predicted molar refractivity (Wildman–Crippen MR) is 450 cm³/mol. The van der Waals surface area contributed by atoms with Crippen LogP contribution < -0.4 is 0 Å². The van der Waals surface area contributed by atoms with Crippen LogP contribution in [-0.4, -0.2) is 157 Å². The quantitative estimate of drug-likeness (QED) is 0.0258. The van der Waals surface area contributed by atoms with E-state index in [4.69, 9.17) is 71.1 Å². The van der Waals surface area contributed by atoms with Crippen molar-refractivity contribution in [1.29, 1.82) is 0 Å². The predicted octanol–water partition coefficient (Wildman–Crippen LogP) is 20.4. The fourth-order valence-corrected chi connectivity index (χ4v) is 25.0. The van der Waals surface area contributed by atoms with E-state index in [0.29, 0.717) is 127 Å². The average Bonchev–Trinajstić information content (AvgIpc) is 1.57. The van der Waals surface area contributed by atoms with Gasteiger partial charge in [0.2, 0.25) is 0 Å². The van der Waals surface area contributed by atoms with E-state index in [0.717, 1.165) is 155 Å². The van der Waals surface area contributed by atoms with Crippen molar-refractivity contribution in [2.24, 2.45) is 130 Å². The highest BCUT2D eigenvalue weighted by atomic mass is 16.8. The molecule has 117 heavy (non-hydrogen) atoms. The van der Waals surface area contributed by atoms with E-state index in [2.05, 4.69) is 76.2 Å². The van der Waals surface area contributed by atoms with Crippen LogP contribution in [0, 0.1) is 130 Å². The molecule has 4 heterocycles. The second-order valence-corrected chi connectivity index (χ2v) is 40.0. The summed E-state index contributed by atoms with van der Waals surface area (Å²) in [5.41, 5.74) is -0.383. The van der Waals surface area contributed by atoms with Crippen molar-refractivity contribution in [3.05, 3.63) is 0 Å². The molecule has 10 saturated carbocycles. The van der Waals surface area contributed by atoms with Crippen LogP contribution in [0.25, 0.3) is 0 Å². The minimum Gasteiger partial charge on any atom is -0.465 e. The molecule has 0 radical (unpaired) electrons. The summed E-state index contributed by atoms with van der Waals surface area (Å²) >= 11 is 0. The molecule has 20 nitrogen and oxygen atoms in total. The summed E-state index contributed by atoms with van der Waals surface area (Å²) < 4.78 is 85.9. The Kier molecular flexibility index (Phi) is 37.2. The Morgan fingerprint density at radius 3 is 1.19 bits per heavy atom. The first-order valence-electron chi connectivity index (χ1n) is 48.5. The molecular weight excluding hydrogens is 1490 g/mol. The van der Waals surface area contributed by atoms with E-state index < -0.39 is 11.6 Å². The molecular formula is C97H166O20. The van der Waals surface area contributed by atoms with Gasteiger partial charge in [-0.3, -0.25) is 24.0 Å². The molecule has 20 heteroatoms. The van der Waals surface area contributed by atoms with Gasteiger partial charge < -0.3 is 71.1 Å². The second kappa shape index (κ2) is 45.2. The molecule has 2 spiro atoms. The molecule has 0 aromatic heterocycles. The third kappa shape index (κ3) is 25.0. The van der Waals surface area contributed by atoms with Crippen LogP contribution >= 0.6 is 0 Å². The van der Waals surface area contributed by atoms with Gasteiger partial charge in [-0.25, -0.2) is 0 Å². The Labute approximate surface area is 707 Å². The summed E-state index contributed by atoms with van der Waals surface area (Å²) in [5, 5.41) is 0. The van der Waals surface area contributed by atoms with Crippen molar-refractivity contribution in [3.8, 4) is 0 Å². The van der Waals surface area contributed by atoms with Gasteiger partial charge in [0.1, 0.15) is 57.6 Å². The lowest BCUT2D eigenvalue weighted by Crippen LogP contribution is -2.36. The van der Waals surface area contributed by atoms with Crippen LogP contribution in [0.4, 0.5) is 0 Å². The van der Waals surface area contributed by atoms with E-state index in [-0.39, 0.29) is 94.9 Å². The largest absolute Gasteiger partial charge is 0.465 e. The van der Waals surface area contributed by atoms with Crippen molar-refractivity contribution < 1.29 is 95.0 Å². The van der Waals surface area contributed by atoms with Gasteiger partial charge in [0.05, 0.1) is 68.7 Å². The number of rotatable bonds is 33. The van der Waals surface area contributed by atoms with Crippen molar-refractivity contribution in [1.82, 2.24) is 0 Å². The van der Waals surface area contributed by atoms with Crippen LogP contribution in [0.3, 0.4) is 0 Å². The molecule has 14 aliphatic rings. The summed E-state index contributed by atoms with van der Waals surface area (Å²) in [7, 11) is 0. The van der Waals surface area contributed by atoms with Gasteiger partial charge in [0, 0.05) is 51.6 Å².